The van der Waals surface area contributed by atoms with Gasteiger partial charge in [-0.05, 0) is 105 Å². The number of Topliss-reactive ketones (excluding diaryl/α,β-unsaturated/α-hetero) is 1. The van der Waals surface area contributed by atoms with Crippen molar-refractivity contribution in [3.8, 4) is 6.07 Å². The van der Waals surface area contributed by atoms with Gasteiger partial charge in [0, 0.05) is 12.1 Å². The highest BCUT2D eigenvalue weighted by Gasteiger charge is 2.62. The number of rotatable bonds is 4. The third-order valence-electron chi connectivity index (χ3n) is 10.6. The Balaban J connectivity index is 1.39. The SMILES string of the molecule is CC(C)[C@@H]1C[C@H](C(=O)Cn2cc(C#N)cn2)[C@@]2(C)CCC3[C@@H](CC[C@@H]4C[C@](C)(O)CC[C@H]34)C12. The molecule has 1 aromatic heterocycles. The molecule has 4 aliphatic carbocycles. The number of aliphatic hydroxyl groups is 1. The summed E-state index contributed by atoms with van der Waals surface area (Å²) >= 11 is 0. The molecule has 0 spiro atoms. The van der Waals surface area contributed by atoms with Gasteiger partial charge in [0.25, 0.3) is 0 Å². The van der Waals surface area contributed by atoms with E-state index in [2.05, 4.69) is 31.9 Å². The maximum atomic E-state index is 13.6. The molecule has 0 radical (unpaired) electrons. The van der Waals surface area contributed by atoms with Crippen molar-refractivity contribution in [3.63, 3.8) is 0 Å². The molecule has 1 heterocycles. The van der Waals surface area contributed by atoms with Crippen LogP contribution in [0.5, 0.6) is 0 Å². The van der Waals surface area contributed by atoms with E-state index in [1.54, 1.807) is 17.1 Å². The third-order valence-corrected chi connectivity index (χ3v) is 10.6. The maximum absolute atomic E-state index is 13.6. The molecule has 0 amide bonds. The quantitative estimate of drug-likeness (QED) is 0.680. The highest BCUT2D eigenvalue weighted by Crippen LogP contribution is 2.67. The molecule has 180 valence electrons. The molecule has 4 aliphatic rings. The number of hydrogen-bond donors (Lipinski definition) is 1. The summed E-state index contributed by atoms with van der Waals surface area (Å²) in [4.78, 5) is 13.6. The zero-order valence-corrected chi connectivity index (χ0v) is 20.8. The van der Waals surface area contributed by atoms with Gasteiger partial charge in [0.15, 0.2) is 5.78 Å². The van der Waals surface area contributed by atoms with Crippen LogP contribution in [0.3, 0.4) is 0 Å². The molecular weight excluding hydrogens is 410 g/mol. The van der Waals surface area contributed by atoms with Gasteiger partial charge < -0.3 is 5.11 Å². The Labute approximate surface area is 198 Å². The van der Waals surface area contributed by atoms with E-state index >= 15 is 0 Å². The monoisotopic (exact) mass is 451 g/mol. The highest BCUT2D eigenvalue weighted by molar-refractivity contribution is 5.82. The summed E-state index contributed by atoms with van der Waals surface area (Å²) in [6.07, 6.45) is 12.3. The van der Waals surface area contributed by atoms with Crippen LogP contribution in [0, 0.1) is 64.1 Å². The maximum Gasteiger partial charge on any atom is 0.157 e. The zero-order valence-electron chi connectivity index (χ0n) is 20.8. The minimum absolute atomic E-state index is 0.0748. The van der Waals surface area contributed by atoms with Crippen LogP contribution in [0.1, 0.15) is 84.6 Å². The molecule has 5 heteroatoms. The zero-order chi connectivity index (χ0) is 23.5. The Kier molecular flexibility index (Phi) is 5.75. The summed E-state index contributed by atoms with van der Waals surface area (Å²) in [5.41, 5.74) is 0.119. The van der Waals surface area contributed by atoms with Gasteiger partial charge in [-0.15, -0.1) is 0 Å². The molecule has 4 fully saturated rings. The molecule has 33 heavy (non-hydrogen) atoms. The number of hydrogen-bond acceptors (Lipinski definition) is 4. The Hall–Kier alpha value is -1.67. The topological polar surface area (TPSA) is 78.9 Å². The van der Waals surface area contributed by atoms with Gasteiger partial charge in [-0.3, -0.25) is 9.48 Å². The molecule has 9 atom stereocenters. The standard InChI is InChI=1S/C28H41N3O2/c1-17(2)23-11-24(25(32)16-31-15-18(13-29)14-30-31)28(4)10-8-21-20-7-9-27(3,33)12-19(20)5-6-22(21)26(23)28/h14-15,17,19-24,26,33H,5-12,16H2,1-4H3/t19-,20+,21?,22-,23+,24-,26?,27-,28-/m1/s1. The van der Waals surface area contributed by atoms with Crippen LogP contribution in [0.25, 0.3) is 0 Å². The summed E-state index contributed by atoms with van der Waals surface area (Å²) < 4.78 is 1.66. The molecular formula is C28H41N3O2. The summed E-state index contributed by atoms with van der Waals surface area (Å²) in [7, 11) is 0. The van der Waals surface area contributed by atoms with Gasteiger partial charge in [0.1, 0.15) is 6.07 Å². The van der Waals surface area contributed by atoms with E-state index in [4.69, 9.17) is 5.26 Å². The summed E-state index contributed by atoms with van der Waals surface area (Å²) in [6.45, 7) is 9.47. The first-order valence-corrected chi connectivity index (χ1v) is 13.3. The van der Waals surface area contributed by atoms with E-state index < -0.39 is 5.60 Å². The minimum atomic E-state index is -0.472. The van der Waals surface area contributed by atoms with Crippen LogP contribution < -0.4 is 0 Å². The number of aromatic nitrogens is 2. The lowest BCUT2D eigenvalue weighted by molar-refractivity contribution is -0.134. The molecule has 1 N–H and O–H groups in total. The van der Waals surface area contributed by atoms with E-state index in [9.17, 15) is 9.90 Å². The first-order chi connectivity index (χ1) is 15.6. The van der Waals surface area contributed by atoms with Gasteiger partial charge in [-0.25, -0.2) is 0 Å². The molecule has 4 saturated carbocycles. The first-order valence-electron chi connectivity index (χ1n) is 13.3. The van der Waals surface area contributed by atoms with Crippen molar-refractivity contribution < 1.29 is 9.90 Å². The van der Waals surface area contributed by atoms with Crippen LogP contribution in [-0.4, -0.2) is 26.3 Å². The lowest BCUT2D eigenvalue weighted by Gasteiger charge is -2.58. The Bertz CT molecular complexity index is 943. The molecule has 0 aromatic carbocycles. The minimum Gasteiger partial charge on any atom is -0.390 e. The number of nitriles is 1. The first kappa shape index (κ1) is 23.1. The molecule has 0 aliphatic heterocycles. The van der Waals surface area contributed by atoms with Crippen molar-refractivity contribution in [1.82, 2.24) is 9.78 Å². The third kappa shape index (κ3) is 3.87. The van der Waals surface area contributed by atoms with Crippen LogP contribution in [0.15, 0.2) is 12.4 Å². The van der Waals surface area contributed by atoms with Gasteiger partial charge in [-0.1, -0.05) is 20.8 Å². The van der Waals surface area contributed by atoms with E-state index in [1.165, 1.54) is 25.7 Å². The Morgan fingerprint density at radius 1 is 1.21 bits per heavy atom. The molecule has 1 aromatic rings. The largest absolute Gasteiger partial charge is 0.390 e. The summed E-state index contributed by atoms with van der Waals surface area (Å²) in [6, 6.07) is 2.11. The van der Waals surface area contributed by atoms with Crippen molar-refractivity contribution in [1.29, 1.82) is 5.26 Å². The number of ketones is 1. The van der Waals surface area contributed by atoms with Crippen molar-refractivity contribution in [3.05, 3.63) is 18.0 Å². The van der Waals surface area contributed by atoms with Crippen LogP contribution in [-0.2, 0) is 11.3 Å². The van der Waals surface area contributed by atoms with Gasteiger partial charge in [0.05, 0.1) is 23.9 Å². The number of carbonyl (C=O) groups excluding carboxylic acids is 1. The van der Waals surface area contributed by atoms with Crippen LogP contribution >= 0.6 is 0 Å². The highest BCUT2D eigenvalue weighted by atomic mass is 16.3. The van der Waals surface area contributed by atoms with Crippen molar-refractivity contribution in [2.45, 2.75) is 91.2 Å². The van der Waals surface area contributed by atoms with E-state index in [0.717, 1.165) is 43.4 Å². The summed E-state index contributed by atoms with van der Waals surface area (Å²) in [5.74, 6) is 5.17. The average Bonchev–Trinajstić information content (AvgIpc) is 3.34. The van der Waals surface area contributed by atoms with Crippen molar-refractivity contribution in [2.24, 2.45) is 52.8 Å². The number of carbonyl (C=O) groups is 1. The predicted octanol–water partition coefficient (Wildman–Crippen LogP) is 5.23. The normalized spacial score (nSPS) is 44.6. The van der Waals surface area contributed by atoms with Crippen LogP contribution in [0.4, 0.5) is 0 Å². The van der Waals surface area contributed by atoms with Gasteiger partial charge in [0.2, 0.25) is 0 Å². The lowest BCUT2D eigenvalue weighted by atomic mass is 9.47. The van der Waals surface area contributed by atoms with Gasteiger partial charge in [-0.2, -0.15) is 10.4 Å². The van der Waals surface area contributed by atoms with Crippen molar-refractivity contribution in [2.75, 3.05) is 0 Å². The molecule has 0 bridgehead atoms. The second-order valence-electron chi connectivity index (χ2n) is 12.8. The fraction of sp³-hybridized carbons (Fsp3) is 0.821. The number of fused-ring (bicyclic) bond motifs is 5. The van der Waals surface area contributed by atoms with Crippen molar-refractivity contribution >= 4 is 5.78 Å². The molecule has 5 rings (SSSR count). The molecule has 2 unspecified atom stereocenters. The lowest BCUT2D eigenvalue weighted by Crippen LogP contribution is -2.52. The van der Waals surface area contributed by atoms with E-state index in [0.29, 0.717) is 35.0 Å². The Morgan fingerprint density at radius 3 is 2.67 bits per heavy atom. The van der Waals surface area contributed by atoms with Crippen LogP contribution in [0.2, 0.25) is 0 Å². The fourth-order valence-electron chi connectivity index (χ4n) is 9.22. The fourth-order valence-corrected chi connectivity index (χ4v) is 9.22. The van der Waals surface area contributed by atoms with E-state index in [1.807, 2.05) is 6.92 Å². The predicted molar refractivity (Wildman–Crippen MR) is 127 cm³/mol. The average molecular weight is 452 g/mol. The second-order valence-corrected chi connectivity index (χ2v) is 12.8. The smallest absolute Gasteiger partial charge is 0.157 e. The molecule has 5 nitrogen and oxygen atoms in total. The Morgan fingerprint density at radius 2 is 1.97 bits per heavy atom. The van der Waals surface area contributed by atoms with E-state index in [-0.39, 0.29) is 17.9 Å². The second kappa shape index (κ2) is 8.22. The number of nitrogens with zero attached hydrogens (tertiary/aromatic N) is 3. The van der Waals surface area contributed by atoms with Gasteiger partial charge >= 0.3 is 0 Å². The molecule has 0 saturated heterocycles. The summed E-state index contributed by atoms with van der Waals surface area (Å²) in [5, 5.41) is 24.0.